The molecular formula is C20H19N3O3. The highest BCUT2D eigenvalue weighted by Crippen LogP contribution is 2.22. The topological polar surface area (TPSA) is 72.4 Å². The second-order valence-electron chi connectivity index (χ2n) is 6.51. The Morgan fingerprint density at radius 1 is 0.962 bits per heavy atom. The van der Waals surface area contributed by atoms with Crippen LogP contribution in [0, 0.1) is 5.92 Å². The van der Waals surface area contributed by atoms with Crippen molar-refractivity contribution in [2.45, 2.75) is 12.8 Å². The number of rotatable bonds is 2. The normalized spacial score (nSPS) is 15.3. The zero-order valence-corrected chi connectivity index (χ0v) is 14.5. The lowest BCUT2D eigenvalue weighted by Gasteiger charge is -2.30. The van der Waals surface area contributed by atoms with Gasteiger partial charge in [0, 0.05) is 18.7 Å². The third-order valence-electron chi connectivity index (χ3n) is 4.90. The number of benzene rings is 2. The predicted octanol–water partition coefficient (Wildman–Crippen LogP) is 2.81. The molecule has 0 spiro atoms. The lowest BCUT2D eigenvalue weighted by molar-refractivity contribution is -0.146. The van der Waals surface area contributed by atoms with Crippen LogP contribution in [0.1, 0.15) is 23.2 Å². The molecule has 0 unspecified atom stereocenters. The lowest BCUT2D eigenvalue weighted by Crippen LogP contribution is -2.40. The summed E-state index contributed by atoms with van der Waals surface area (Å²) in [7, 11) is 1.40. The molecule has 0 N–H and O–H groups in total. The van der Waals surface area contributed by atoms with E-state index in [1.54, 1.807) is 17.0 Å². The van der Waals surface area contributed by atoms with E-state index in [1.165, 1.54) is 7.11 Å². The van der Waals surface area contributed by atoms with E-state index >= 15 is 0 Å². The minimum Gasteiger partial charge on any atom is -0.469 e. The summed E-state index contributed by atoms with van der Waals surface area (Å²) in [6.45, 7) is 1.11. The van der Waals surface area contributed by atoms with E-state index in [4.69, 9.17) is 4.74 Å². The molecule has 1 aliphatic rings. The van der Waals surface area contributed by atoms with Crippen molar-refractivity contribution in [3.63, 3.8) is 0 Å². The smallest absolute Gasteiger partial charge is 0.308 e. The van der Waals surface area contributed by atoms with Crippen LogP contribution in [0.5, 0.6) is 0 Å². The fourth-order valence-corrected chi connectivity index (χ4v) is 3.42. The van der Waals surface area contributed by atoms with Crippen LogP contribution in [0.25, 0.3) is 22.1 Å². The summed E-state index contributed by atoms with van der Waals surface area (Å²) in [6, 6.07) is 13.1. The first-order valence-electron chi connectivity index (χ1n) is 8.69. The number of nitrogens with zero attached hydrogens (tertiary/aromatic N) is 3. The SMILES string of the molecule is COC(=O)C1CCN(C(=O)c2ccc3nc4ccccc4nc3c2)CC1. The molecule has 1 amide bonds. The van der Waals surface area contributed by atoms with Crippen LogP contribution in [0.2, 0.25) is 0 Å². The quantitative estimate of drug-likeness (QED) is 0.525. The molecule has 0 atom stereocenters. The van der Waals surface area contributed by atoms with Gasteiger partial charge < -0.3 is 9.64 Å². The molecular weight excluding hydrogens is 330 g/mol. The van der Waals surface area contributed by atoms with Crippen molar-refractivity contribution < 1.29 is 14.3 Å². The number of aromatic nitrogens is 2. The zero-order valence-electron chi connectivity index (χ0n) is 14.5. The Morgan fingerprint density at radius 2 is 1.58 bits per heavy atom. The number of carbonyl (C=O) groups excluding carboxylic acids is 2. The highest BCUT2D eigenvalue weighted by Gasteiger charge is 2.28. The summed E-state index contributed by atoms with van der Waals surface area (Å²) in [6.07, 6.45) is 1.27. The third-order valence-corrected chi connectivity index (χ3v) is 4.90. The number of para-hydroxylation sites is 2. The number of esters is 1. The van der Waals surface area contributed by atoms with Crippen LogP contribution < -0.4 is 0 Å². The molecule has 26 heavy (non-hydrogen) atoms. The van der Waals surface area contributed by atoms with E-state index < -0.39 is 0 Å². The Hall–Kier alpha value is -3.02. The van der Waals surface area contributed by atoms with E-state index in [1.807, 2.05) is 30.3 Å². The highest BCUT2D eigenvalue weighted by atomic mass is 16.5. The molecule has 0 saturated carbocycles. The summed E-state index contributed by atoms with van der Waals surface area (Å²) >= 11 is 0. The molecule has 3 aromatic rings. The summed E-state index contributed by atoms with van der Waals surface area (Å²) in [5.74, 6) is -0.340. The van der Waals surface area contributed by atoms with Crippen molar-refractivity contribution in [2.24, 2.45) is 5.92 Å². The average molecular weight is 349 g/mol. The summed E-state index contributed by atoms with van der Waals surface area (Å²) in [5.41, 5.74) is 3.72. The fourth-order valence-electron chi connectivity index (χ4n) is 3.42. The van der Waals surface area contributed by atoms with Gasteiger partial charge >= 0.3 is 5.97 Å². The van der Waals surface area contributed by atoms with Crippen LogP contribution in [0.3, 0.4) is 0 Å². The molecule has 0 bridgehead atoms. The Bertz CT molecular complexity index is 994. The van der Waals surface area contributed by atoms with Crippen LogP contribution in [-0.2, 0) is 9.53 Å². The summed E-state index contributed by atoms with van der Waals surface area (Å²) in [5, 5.41) is 0. The van der Waals surface area contributed by atoms with Crippen molar-refractivity contribution in [1.29, 1.82) is 0 Å². The van der Waals surface area contributed by atoms with Crippen LogP contribution in [0.4, 0.5) is 0 Å². The highest BCUT2D eigenvalue weighted by molar-refractivity contribution is 5.98. The molecule has 6 heteroatoms. The maximum absolute atomic E-state index is 12.8. The Balaban J connectivity index is 1.57. The van der Waals surface area contributed by atoms with E-state index in [2.05, 4.69) is 9.97 Å². The van der Waals surface area contributed by atoms with Crippen LogP contribution >= 0.6 is 0 Å². The zero-order chi connectivity index (χ0) is 18.1. The van der Waals surface area contributed by atoms with Crippen LogP contribution in [-0.4, -0.2) is 46.9 Å². The second kappa shape index (κ2) is 6.71. The van der Waals surface area contributed by atoms with Crippen molar-refractivity contribution in [3.05, 3.63) is 48.0 Å². The molecule has 2 heterocycles. The van der Waals surface area contributed by atoms with Gasteiger partial charge in [-0.05, 0) is 43.2 Å². The molecule has 0 aliphatic carbocycles. The monoisotopic (exact) mass is 349 g/mol. The molecule has 4 rings (SSSR count). The van der Waals surface area contributed by atoms with Gasteiger partial charge in [-0.25, -0.2) is 9.97 Å². The van der Waals surface area contributed by atoms with Crippen molar-refractivity contribution in [1.82, 2.24) is 14.9 Å². The Morgan fingerprint density at radius 3 is 2.23 bits per heavy atom. The average Bonchev–Trinajstić information content (AvgIpc) is 2.70. The number of fused-ring (bicyclic) bond motifs is 2. The van der Waals surface area contributed by atoms with Gasteiger partial charge in [0.15, 0.2) is 0 Å². The van der Waals surface area contributed by atoms with Gasteiger partial charge in [0.05, 0.1) is 35.1 Å². The number of likely N-dealkylation sites (tertiary alicyclic amines) is 1. The molecule has 0 radical (unpaired) electrons. The van der Waals surface area contributed by atoms with Crippen LogP contribution in [0.15, 0.2) is 42.5 Å². The number of ether oxygens (including phenoxy) is 1. The van der Waals surface area contributed by atoms with Gasteiger partial charge in [0.25, 0.3) is 5.91 Å². The minimum absolute atomic E-state index is 0.0369. The van der Waals surface area contributed by atoms with Gasteiger partial charge in [-0.1, -0.05) is 12.1 Å². The molecule has 132 valence electrons. The van der Waals surface area contributed by atoms with Crippen molar-refractivity contribution >= 4 is 33.9 Å². The van der Waals surface area contributed by atoms with E-state index in [0.717, 1.165) is 16.6 Å². The third kappa shape index (κ3) is 2.98. The number of methoxy groups -OCH3 is 1. The van der Waals surface area contributed by atoms with Gasteiger partial charge in [0.2, 0.25) is 0 Å². The molecule has 1 fully saturated rings. The van der Waals surface area contributed by atoms with Gasteiger partial charge in [-0.3, -0.25) is 9.59 Å². The first kappa shape index (κ1) is 16.4. The van der Waals surface area contributed by atoms with Gasteiger partial charge in [-0.15, -0.1) is 0 Å². The maximum Gasteiger partial charge on any atom is 0.308 e. The standard InChI is InChI=1S/C20H19N3O3/c1-26-20(25)13-8-10-23(11-9-13)19(24)14-6-7-17-18(12-14)22-16-5-3-2-4-15(16)21-17/h2-7,12-13H,8-11H2,1H3. The Labute approximate surface area is 150 Å². The summed E-state index contributed by atoms with van der Waals surface area (Å²) < 4.78 is 4.80. The summed E-state index contributed by atoms with van der Waals surface area (Å²) in [4.78, 5) is 35.4. The van der Waals surface area contributed by atoms with Crippen molar-refractivity contribution in [3.8, 4) is 0 Å². The molecule has 6 nitrogen and oxygen atoms in total. The molecule has 1 aromatic heterocycles. The largest absolute Gasteiger partial charge is 0.469 e. The molecule has 1 saturated heterocycles. The first-order valence-corrected chi connectivity index (χ1v) is 8.69. The van der Waals surface area contributed by atoms with Gasteiger partial charge in [0.1, 0.15) is 0 Å². The maximum atomic E-state index is 12.8. The first-order chi connectivity index (χ1) is 12.7. The molecule has 1 aliphatic heterocycles. The number of hydrogen-bond donors (Lipinski definition) is 0. The minimum atomic E-state index is -0.190. The second-order valence-corrected chi connectivity index (χ2v) is 6.51. The number of amides is 1. The fraction of sp³-hybridized carbons (Fsp3) is 0.300. The van der Waals surface area contributed by atoms with E-state index in [-0.39, 0.29) is 17.8 Å². The van der Waals surface area contributed by atoms with E-state index in [0.29, 0.717) is 37.0 Å². The van der Waals surface area contributed by atoms with E-state index in [9.17, 15) is 9.59 Å². The molecule has 2 aromatic carbocycles. The van der Waals surface area contributed by atoms with Gasteiger partial charge in [-0.2, -0.15) is 0 Å². The number of carbonyl (C=O) groups is 2. The number of piperidine rings is 1. The van der Waals surface area contributed by atoms with Crippen molar-refractivity contribution in [2.75, 3.05) is 20.2 Å². The lowest BCUT2D eigenvalue weighted by atomic mass is 9.96. The Kier molecular flexibility index (Phi) is 4.24. The predicted molar refractivity (Wildman–Crippen MR) is 97.7 cm³/mol. The number of hydrogen-bond acceptors (Lipinski definition) is 5.